The minimum Gasteiger partial charge on any atom is -0.455 e. The van der Waals surface area contributed by atoms with Gasteiger partial charge in [0.1, 0.15) is 11.2 Å². The third-order valence-electron chi connectivity index (χ3n) is 13.5. The Labute approximate surface area is 379 Å². The van der Waals surface area contributed by atoms with E-state index >= 15 is 0 Å². The topological polar surface area (TPSA) is 38.9 Å². The van der Waals surface area contributed by atoms with Crippen LogP contribution in [0.3, 0.4) is 0 Å². The summed E-state index contributed by atoms with van der Waals surface area (Å²) in [5.74, 6) is 1.36. The summed E-state index contributed by atoms with van der Waals surface area (Å²) in [6.07, 6.45) is 6.73. The number of hydrogen-bond donors (Lipinski definition) is 0. The third kappa shape index (κ3) is 7.59. The van der Waals surface area contributed by atoms with E-state index in [2.05, 4.69) is 206 Å². The first-order valence-electron chi connectivity index (χ1n) is 23.0. The first-order valence-corrected chi connectivity index (χ1v) is 23.0. The van der Waals surface area contributed by atoms with E-state index < -0.39 is 0 Å². The Morgan fingerprint density at radius 2 is 0.862 bits per heavy atom. The summed E-state index contributed by atoms with van der Waals surface area (Å²) in [6.45, 7) is 0. The van der Waals surface area contributed by atoms with Crippen LogP contribution in [-0.2, 0) is 0 Å². The molecular formula is C62H46N2O. The number of aromatic nitrogens is 2. The molecule has 2 aromatic heterocycles. The van der Waals surface area contributed by atoms with Crippen molar-refractivity contribution in [2.45, 2.75) is 38.0 Å². The Kier molecular flexibility index (Phi) is 9.95. The maximum absolute atomic E-state index is 6.60. The van der Waals surface area contributed by atoms with Gasteiger partial charge in [-0.1, -0.05) is 183 Å². The second-order valence-electron chi connectivity index (χ2n) is 17.6. The Morgan fingerprint density at radius 1 is 0.338 bits per heavy atom. The molecular weight excluding hydrogens is 789 g/mol. The molecule has 0 amide bonds. The summed E-state index contributed by atoms with van der Waals surface area (Å²) in [7, 11) is 0. The van der Waals surface area contributed by atoms with Crippen LogP contribution in [0.25, 0.3) is 111 Å². The molecule has 2 heterocycles. The van der Waals surface area contributed by atoms with Crippen molar-refractivity contribution in [2.24, 2.45) is 0 Å². The zero-order valence-electron chi connectivity index (χ0n) is 36.1. The van der Waals surface area contributed by atoms with Crippen LogP contribution in [0.15, 0.2) is 217 Å². The quantitative estimate of drug-likeness (QED) is 0.153. The van der Waals surface area contributed by atoms with Crippen molar-refractivity contribution in [3.63, 3.8) is 0 Å². The van der Waals surface area contributed by atoms with Gasteiger partial charge in [-0.25, -0.2) is 9.97 Å². The van der Waals surface area contributed by atoms with Gasteiger partial charge in [0.2, 0.25) is 0 Å². The van der Waals surface area contributed by atoms with E-state index in [-0.39, 0.29) is 0 Å². The van der Waals surface area contributed by atoms with Crippen LogP contribution in [-0.4, -0.2) is 9.97 Å². The van der Waals surface area contributed by atoms with Gasteiger partial charge >= 0.3 is 0 Å². The number of furan rings is 1. The van der Waals surface area contributed by atoms with Crippen LogP contribution in [0.1, 0.15) is 43.6 Å². The van der Waals surface area contributed by atoms with Crippen molar-refractivity contribution in [3.8, 4) is 78.4 Å². The van der Waals surface area contributed by atoms with Crippen LogP contribution in [0.2, 0.25) is 0 Å². The van der Waals surface area contributed by atoms with Gasteiger partial charge in [-0.05, 0) is 123 Å². The molecule has 0 N–H and O–H groups in total. The molecule has 1 saturated carbocycles. The molecule has 1 aliphatic carbocycles. The monoisotopic (exact) mass is 834 g/mol. The van der Waals surface area contributed by atoms with E-state index in [0.717, 1.165) is 71.9 Å². The summed E-state index contributed by atoms with van der Waals surface area (Å²) >= 11 is 0. The molecule has 9 aromatic carbocycles. The predicted molar refractivity (Wildman–Crippen MR) is 271 cm³/mol. The number of fused-ring (bicyclic) bond motifs is 5. The summed E-state index contributed by atoms with van der Waals surface area (Å²) < 4.78 is 6.60. The average Bonchev–Trinajstić information content (AvgIpc) is 3.78. The largest absolute Gasteiger partial charge is 0.455 e. The van der Waals surface area contributed by atoms with E-state index in [1.165, 1.54) is 71.0 Å². The van der Waals surface area contributed by atoms with E-state index in [1.807, 2.05) is 6.07 Å². The SMILES string of the molecule is c1ccc(-c2cc(-c3ccc(-c4ccc(C5CCCCC5)cc4)cc3)cc(-c3cccc(-c4cc(-c5ccccc5)nc(-c5ccc6c(c5)oc5c7ccccc7ccc65)n4)c3)c2)cc1. The number of hydrogen-bond acceptors (Lipinski definition) is 3. The Morgan fingerprint density at radius 3 is 1.58 bits per heavy atom. The number of rotatable bonds is 8. The van der Waals surface area contributed by atoms with Crippen molar-refractivity contribution in [1.29, 1.82) is 0 Å². The molecule has 0 saturated heterocycles. The minimum absolute atomic E-state index is 0.649. The van der Waals surface area contributed by atoms with Crippen molar-refractivity contribution in [1.82, 2.24) is 9.97 Å². The summed E-state index contributed by atoms with van der Waals surface area (Å²) in [5.41, 5.74) is 17.4. The highest BCUT2D eigenvalue weighted by Gasteiger charge is 2.18. The van der Waals surface area contributed by atoms with Crippen LogP contribution < -0.4 is 0 Å². The highest BCUT2D eigenvalue weighted by atomic mass is 16.3. The molecule has 0 atom stereocenters. The van der Waals surface area contributed by atoms with E-state index in [0.29, 0.717) is 11.7 Å². The van der Waals surface area contributed by atoms with Gasteiger partial charge in [-0.2, -0.15) is 0 Å². The molecule has 65 heavy (non-hydrogen) atoms. The Hall–Kier alpha value is -7.88. The fourth-order valence-electron chi connectivity index (χ4n) is 9.98. The highest BCUT2D eigenvalue weighted by Crippen LogP contribution is 2.39. The second kappa shape index (κ2) is 16.7. The first-order chi connectivity index (χ1) is 32.2. The average molecular weight is 835 g/mol. The highest BCUT2D eigenvalue weighted by molar-refractivity contribution is 6.15. The molecule has 1 aliphatic rings. The molecule has 0 unspecified atom stereocenters. The smallest absolute Gasteiger partial charge is 0.160 e. The lowest BCUT2D eigenvalue weighted by atomic mass is 9.83. The zero-order valence-corrected chi connectivity index (χ0v) is 36.1. The van der Waals surface area contributed by atoms with Crippen molar-refractivity contribution >= 4 is 32.7 Å². The van der Waals surface area contributed by atoms with Gasteiger partial charge in [0.05, 0.1) is 11.4 Å². The molecule has 0 aliphatic heterocycles. The zero-order chi connectivity index (χ0) is 43.1. The fourth-order valence-corrected chi connectivity index (χ4v) is 9.98. The lowest BCUT2D eigenvalue weighted by Gasteiger charge is -2.22. The summed E-state index contributed by atoms with van der Waals surface area (Å²) in [4.78, 5) is 10.5. The predicted octanol–water partition coefficient (Wildman–Crippen LogP) is 17.2. The van der Waals surface area contributed by atoms with Crippen LogP contribution in [0.5, 0.6) is 0 Å². The van der Waals surface area contributed by atoms with Crippen LogP contribution >= 0.6 is 0 Å². The normalized spacial score (nSPS) is 13.2. The first kappa shape index (κ1) is 38.8. The molecule has 3 heteroatoms. The summed E-state index contributed by atoms with van der Waals surface area (Å²) in [6, 6.07) is 76.4. The fraction of sp³-hybridized carbons (Fsp3) is 0.0968. The molecule has 1 fully saturated rings. The number of benzene rings is 9. The molecule has 12 rings (SSSR count). The van der Waals surface area contributed by atoms with Crippen molar-refractivity contribution in [3.05, 3.63) is 218 Å². The molecule has 0 radical (unpaired) electrons. The van der Waals surface area contributed by atoms with Gasteiger partial charge in [-0.15, -0.1) is 0 Å². The van der Waals surface area contributed by atoms with Crippen molar-refractivity contribution in [2.75, 3.05) is 0 Å². The Balaban J connectivity index is 0.921. The van der Waals surface area contributed by atoms with Gasteiger partial charge in [0.25, 0.3) is 0 Å². The Bertz CT molecular complexity index is 3490. The van der Waals surface area contributed by atoms with E-state index in [4.69, 9.17) is 14.4 Å². The lowest BCUT2D eigenvalue weighted by molar-refractivity contribution is 0.443. The second-order valence-corrected chi connectivity index (χ2v) is 17.6. The van der Waals surface area contributed by atoms with E-state index in [1.54, 1.807) is 0 Å². The molecule has 310 valence electrons. The van der Waals surface area contributed by atoms with Crippen molar-refractivity contribution < 1.29 is 4.42 Å². The number of nitrogens with zero attached hydrogens (tertiary/aromatic N) is 2. The minimum atomic E-state index is 0.649. The van der Waals surface area contributed by atoms with Crippen LogP contribution in [0.4, 0.5) is 0 Å². The maximum Gasteiger partial charge on any atom is 0.160 e. The molecule has 0 bridgehead atoms. The standard InChI is InChI=1S/C62H46N2O/c1-4-13-41(14-5-1)43-23-25-44(26-24-43)45-27-29-46(30-28-45)53-36-52(42-15-6-2-7-16-42)37-54(38-53)49-20-12-21-50(35-49)59-40-58(48-18-8-3-9-19-48)63-62(64-59)51-32-33-56-57-34-31-47-17-10-11-22-55(47)61(57)65-60(56)39-51/h2-3,6-12,15-41H,1,4-5,13-14H2. The summed E-state index contributed by atoms with van der Waals surface area (Å²) in [5, 5.41) is 4.45. The molecule has 0 spiro atoms. The lowest BCUT2D eigenvalue weighted by Crippen LogP contribution is -2.04. The van der Waals surface area contributed by atoms with Gasteiger partial charge in [-0.3, -0.25) is 0 Å². The van der Waals surface area contributed by atoms with Gasteiger partial charge in [0.15, 0.2) is 5.82 Å². The molecule has 3 nitrogen and oxygen atoms in total. The maximum atomic E-state index is 6.60. The van der Waals surface area contributed by atoms with Gasteiger partial charge in [0, 0.05) is 32.8 Å². The van der Waals surface area contributed by atoms with Crippen LogP contribution in [0, 0.1) is 0 Å². The van der Waals surface area contributed by atoms with Gasteiger partial charge < -0.3 is 4.42 Å². The molecule has 11 aromatic rings. The van der Waals surface area contributed by atoms with E-state index in [9.17, 15) is 0 Å². The third-order valence-corrected chi connectivity index (χ3v) is 13.5.